The third kappa shape index (κ3) is 1.35. The van der Waals surface area contributed by atoms with Crippen LogP contribution >= 0.6 is 11.3 Å². The molecule has 2 aromatic rings. The first-order valence-electron chi connectivity index (χ1n) is 4.29. The molecule has 2 rings (SSSR count). The zero-order valence-corrected chi connectivity index (χ0v) is 8.49. The van der Waals surface area contributed by atoms with E-state index >= 15 is 0 Å². The lowest BCUT2D eigenvalue weighted by atomic mass is 10.3. The van der Waals surface area contributed by atoms with Crippen molar-refractivity contribution in [2.75, 3.05) is 0 Å². The summed E-state index contributed by atoms with van der Waals surface area (Å²) in [5, 5.41) is 9.69. The standard InChI is InChI=1S/C9H9N3OS/c1-2-12-9(7(6-13)10-11-12)8-4-3-5-14-8/h3-6H,2H2,1H3. The molecule has 0 aromatic carbocycles. The minimum Gasteiger partial charge on any atom is -0.296 e. The van der Waals surface area contributed by atoms with E-state index in [-0.39, 0.29) is 0 Å². The van der Waals surface area contributed by atoms with E-state index in [1.807, 2.05) is 24.4 Å². The van der Waals surface area contributed by atoms with Gasteiger partial charge < -0.3 is 0 Å². The van der Waals surface area contributed by atoms with Gasteiger partial charge in [0.2, 0.25) is 0 Å². The minimum atomic E-state index is 0.411. The van der Waals surface area contributed by atoms with Crippen LogP contribution in [0.4, 0.5) is 0 Å². The molecule has 0 spiro atoms. The third-order valence-corrected chi connectivity index (χ3v) is 2.80. The van der Waals surface area contributed by atoms with E-state index in [1.165, 1.54) is 0 Å². The van der Waals surface area contributed by atoms with E-state index in [0.29, 0.717) is 12.2 Å². The molecule has 0 N–H and O–H groups in total. The van der Waals surface area contributed by atoms with Crippen molar-refractivity contribution in [3.63, 3.8) is 0 Å². The van der Waals surface area contributed by atoms with Gasteiger partial charge in [-0.1, -0.05) is 11.3 Å². The van der Waals surface area contributed by atoms with Crippen LogP contribution in [0.1, 0.15) is 17.4 Å². The zero-order valence-electron chi connectivity index (χ0n) is 7.67. The van der Waals surface area contributed by atoms with Gasteiger partial charge in [-0.2, -0.15) is 0 Å². The van der Waals surface area contributed by atoms with Gasteiger partial charge in [0, 0.05) is 6.54 Å². The Hall–Kier alpha value is -1.49. The highest BCUT2D eigenvalue weighted by Crippen LogP contribution is 2.25. The quantitative estimate of drug-likeness (QED) is 0.721. The van der Waals surface area contributed by atoms with Gasteiger partial charge in [-0.05, 0) is 18.4 Å². The number of aldehydes is 1. The number of carbonyl (C=O) groups excluding carboxylic acids is 1. The number of hydrogen-bond donors (Lipinski definition) is 0. The summed E-state index contributed by atoms with van der Waals surface area (Å²) in [5.41, 5.74) is 1.23. The Balaban J connectivity index is 2.59. The van der Waals surface area contributed by atoms with Crippen LogP contribution in [0.25, 0.3) is 10.6 Å². The van der Waals surface area contributed by atoms with E-state index in [2.05, 4.69) is 10.3 Å². The van der Waals surface area contributed by atoms with Crippen LogP contribution in [0.3, 0.4) is 0 Å². The van der Waals surface area contributed by atoms with E-state index in [9.17, 15) is 4.79 Å². The highest BCUT2D eigenvalue weighted by atomic mass is 32.1. The SMILES string of the molecule is CCn1nnc(C=O)c1-c1cccs1. The maximum absolute atomic E-state index is 10.7. The molecule has 0 fully saturated rings. The molecule has 0 aliphatic rings. The molecule has 2 heterocycles. The van der Waals surface area contributed by atoms with Crippen molar-refractivity contribution in [2.24, 2.45) is 0 Å². The summed E-state index contributed by atoms with van der Waals surface area (Å²) in [6.07, 6.45) is 0.744. The maximum Gasteiger partial charge on any atom is 0.172 e. The molecule has 0 atom stereocenters. The Morgan fingerprint density at radius 3 is 3.07 bits per heavy atom. The Kier molecular flexibility index (Phi) is 2.41. The number of hydrogen-bond acceptors (Lipinski definition) is 4. The molecule has 14 heavy (non-hydrogen) atoms. The largest absolute Gasteiger partial charge is 0.296 e. The highest BCUT2D eigenvalue weighted by Gasteiger charge is 2.13. The molecule has 0 aliphatic heterocycles. The average Bonchev–Trinajstić information content (AvgIpc) is 2.85. The van der Waals surface area contributed by atoms with Gasteiger partial charge in [0.05, 0.1) is 4.88 Å². The fourth-order valence-electron chi connectivity index (χ4n) is 1.29. The molecule has 0 aliphatic carbocycles. The molecule has 4 nitrogen and oxygen atoms in total. The van der Waals surface area contributed by atoms with Crippen molar-refractivity contribution in [3.05, 3.63) is 23.2 Å². The summed E-state index contributed by atoms with van der Waals surface area (Å²) in [6.45, 7) is 2.69. The summed E-state index contributed by atoms with van der Waals surface area (Å²) in [5.74, 6) is 0. The van der Waals surface area contributed by atoms with Gasteiger partial charge in [-0.3, -0.25) is 4.79 Å². The molecule has 0 radical (unpaired) electrons. The second-order valence-corrected chi connectivity index (χ2v) is 3.68. The fraction of sp³-hybridized carbons (Fsp3) is 0.222. The third-order valence-electron chi connectivity index (χ3n) is 1.93. The van der Waals surface area contributed by atoms with Crippen molar-refractivity contribution in [1.29, 1.82) is 0 Å². The first kappa shape index (κ1) is 9.08. The summed E-state index contributed by atoms with van der Waals surface area (Å²) in [7, 11) is 0. The lowest BCUT2D eigenvalue weighted by Crippen LogP contribution is -1.98. The van der Waals surface area contributed by atoms with E-state index < -0.39 is 0 Å². The zero-order chi connectivity index (χ0) is 9.97. The van der Waals surface area contributed by atoms with Crippen LogP contribution in [0.2, 0.25) is 0 Å². The van der Waals surface area contributed by atoms with Crippen LogP contribution in [0.5, 0.6) is 0 Å². The molecule has 5 heteroatoms. The monoisotopic (exact) mass is 207 g/mol. The lowest BCUT2D eigenvalue weighted by molar-refractivity contribution is 0.111. The first-order chi connectivity index (χ1) is 6.86. The molecular formula is C9H9N3OS. The summed E-state index contributed by atoms with van der Waals surface area (Å²) in [6, 6.07) is 3.91. The summed E-state index contributed by atoms with van der Waals surface area (Å²) >= 11 is 1.58. The van der Waals surface area contributed by atoms with Crippen LogP contribution in [-0.2, 0) is 6.54 Å². The number of aromatic nitrogens is 3. The topological polar surface area (TPSA) is 47.8 Å². The van der Waals surface area contributed by atoms with Crippen molar-refractivity contribution >= 4 is 17.6 Å². The number of thiophene rings is 1. The smallest absolute Gasteiger partial charge is 0.172 e. The Labute approximate surface area is 85.2 Å². The average molecular weight is 207 g/mol. The molecule has 0 saturated carbocycles. The Morgan fingerprint density at radius 1 is 1.64 bits per heavy atom. The molecule has 72 valence electrons. The Morgan fingerprint density at radius 2 is 2.50 bits per heavy atom. The minimum absolute atomic E-state index is 0.411. The van der Waals surface area contributed by atoms with E-state index in [4.69, 9.17) is 0 Å². The number of rotatable bonds is 3. The summed E-state index contributed by atoms with van der Waals surface area (Å²) in [4.78, 5) is 11.8. The second-order valence-electron chi connectivity index (χ2n) is 2.73. The number of nitrogens with zero attached hydrogens (tertiary/aromatic N) is 3. The van der Waals surface area contributed by atoms with Crippen molar-refractivity contribution < 1.29 is 4.79 Å². The number of aryl methyl sites for hydroxylation is 1. The predicted octanol–water partition coefficient (Wildman–Crippen LogP) is 1.84. The van der Waals surface area contributed by atoms with E-state index in [0.717, 1.165) is 16.9 Å². The van der Waals surface area contributed by atoms with Gasteiger partial charge in [0.25, 0.3) is 0 Å². The Bertz CT molecular complexity index is 433. The van der Waals surface area contributed by atoms with Gasteiger partial charge in [0.15, 0.2) is 12.0 Å². The lowest BCUT2D eigenvalue weighted by Gasteiger charge is -1.99. The second kappa shape index (κ2) is 3.71. The molecule has 0 saturated heterocycles. The number of carbonyl (C=O) groups is 1. The van der Waals surface area contributed by atoms with Gasteiger partial charge in [0.1, 0.15) is 5.69 Å². The van der Waals surface area contributed by atoms with Crippen LogP contribution in [0, 0.1) is 0 Å². The molecule has 0 bridgehead atoms. The van der Waals surface area contributed by atoms with Crippen molar-refractivity contribution in [2.45, 2.75) is 13.5 Å². The molecule has 0 unspecified atom stereocenters. The van der Waals surface area contributed by atoms with Gasteiger partial charge >= 0.3 is 0 Å². The predicted molar refractivity (Wildman–Crippen MR) is 54.4 cm³/mol. The van der Waals surface area contributed by atoms with Crippen LogP contribution in [0.15, 0.2) is 17.5 Å². The normalized spacial score (nSPS) is 10.4. The van der Waals surface area contributed by atoms with Gasteiger partial charge in [-0.15, -0.1) is 16.4 Å². The molecular weight excluding hydrogens is 198 g/mol. The van der Waals surface area contributed by atoms with Crippen LogP contribution in [-0.4, -0.2) is 21.3 Å². The van der Waals surface area contributed by atoms with Crippen LogP contribution < -0.4 is 0 Å². The van der Waals surface area contributed by atoms with Crippen molar-refractivity contribution in [3.8, 4) is 10.6 Å². The molecule has 2 aromatic heterocycles. The fourth-order valence-corrected chi connectivity index (χ4v) is 2.08. The summed E-state index contributed by atoms with van der Waals surface area (Å²) < 4.78 is 1.73. The van der Waals surface area contributed by atoms with Crippen molar-refractivity contribution in [1.82, 2.24) is 15.0 Å². The molecule has 0 amide bonds. The maximum atomic E-state index is 10.7. The highest BCUT2D eigenvalue weighted by molar-refractivity contribution is 7.13. The van der Waals surface area contributed by atoms with E-state index in [1.54, 1.807) is 16.0 Å². The first-order valence-corrected chi connectivity index (χ1v) is 5.17. The van der Waals surface area contributed by atoms with Gasteiger partial charge in [-0.25, -0.2) is 4.68 Å².